The number of carbonyl (C=O) groups excluding carboxylic acids is 4. The molecule has 0 bridgehead atoms. The Morgan fingerprint density at radius 2 is 1.55 bits per heavy atom. The first-order valence-electron chi connectivity index (χ1n) is 17.2. The van der Waals surface area contributed by atoms with Gasteiger partial charge in [-0.05, 0) is 85.3 Å². The highest BCUT2D eigenvalue weighted by Crippen LogP contribution is 2.64. The van der Waals surface area contributed by atoms with Crippen molar-refractivity contribution in [1.29, 1.82) is 0 Å². The van der Waals surface area contributed by atoms with E-state index in [0.717, 1.165) is 21.2 Å². The standard InChI is InChI=1S/C41H36BrN3O6/c1-24-7-13-28(14-8-24)43-45-38(48)34-23-33-31(19-20-32-35(33)39(49)44(37(32)47)29-15-11-27(42)12-16-29)36(25-9-17-30(18-10-25)51-22-21-46)41(34,40(45)50)26-5-3-2-4-6-26/h2-19,32-36,43,46H,20-23H2,1H3/t32-,33+,34-,35-,36-,41+/m0/s1. The highest BCUT2D eigenvalue weighted by Gasteiger charge is 2.70. The molecule has 0 spiro atoms. The second-order valence-electron chi connectivity index (χ2n) is 13.7. The molecule has 4 aliphatic rings. The summed E-state index contributed by atoms with van der Waals surface area (Å²) < 4.78 is 6.51. The van der Waals surface area contributed by atoms with Gasteiger partial charge in [-0.1, -0.05) is 87.7 Å². The Bertz CT molecular complexity index is 2050. The smallest absolute Gasteiger partial charge is 0.260 e. The molecule has 2 saturated heterocycles. The van der Waals surface area contributed by atoms with Crippen LogP contribution < -0.4 is 15.1 Å². The van der Waals surface area contributed by atoms with Crippen LogP contribution in [0.2, 0.25) is 0 Å². The summed E-state index contributed by atoms with van der Waals surface area (Å²) in [6.07, 6.45) is 2.61. The van der Waals surface area contributed by atoms with Gasteiger partial charge >= 0.3 is 0 Å². The van der Waals surface area contributed by atoms with Crippen LogP contribution in [0.5, 0.6) is 5.75 Å². The van der Waals surface area contributed by atoms with E-state index in [0.29, 0.717) is 29.1 Å². The van der Waals surface area contributed by atoms with Crippen molar-refractivity contribution in [3.63, 3.8) is 0 Å². The number of hydrogen-bond donors (Lipinski definition) is 2. The van der Waals surface area contributed by atoms with E-state index in [4.69, 9.17) is 4.74 Å². The number of amides is 4. The van der Waals surface area contributed by atoms with E-state index in [1.165, 1.54) is 9.91 Å². The van der Waals surface area contributed by atoms with Gasteiger partial charge in [-0.3, -0.25) is 29.5 Å². The second kappa shape index (κ2) is 12.9. The molecule has 51 heavy (non-hydrogen) atoms. The zero-order chi connectivity index (χ0) is 35.4. The Kier molecular flexibility index (Phi) is 8.39. The molecule has 0 aromatic heterocycles. The minimum atomic E-state index is -1.35. The summed E-state index contributed by atoms with van der Waals surface area (Å²) in [7, 11) is 0. The molecule has 8 rings (SSSR count). The summed E-state index contributed by atoms with van der Waals surface area (Å²) in [4.78, 5) is 59.8. The maximum Gasteiger partial charge on any atom is 0.260 e. The molecule has 4 aromatic carbocycles. The van der Waals surface area contributed by atoms with E-state index in [1.54, 1.807) is 36.4 Å². The Balaban J connectivity index is 1.29. The second-order valence-corrected chi connectivity index (χ2v) is 14.6. The average Bonchev–Trinajstić information content (AvgIpc) is 3.53. The molecular weight excluding hydrogens is 710 g/mol. The highest BCUT2D eigenvalue weighted by molar-refractivity contribution is 9.10. The minimum Gasteiger partial charge on any atom is -0.491 e. The van der Waals surface area contributed by atoms with Crippen molar-refractivity contribution >= 4 is 50.9 Å². The molecular formula is C41H36BrN3O6. The number of hydrazine groups is 1. The van der Waals surface area contributed by atoms with Crippen LogP contribution in [0.1, 0.15) is 35.4 Å². The van der Waals surface area contributed by atoms with Crippen LogP contribution in [0.15, 0.2) is 119 Å². The fourth-order valence-corrected chi connectivity index (χ4v) is 9.15. The summed E-state index contributed by atoms with van der Waals surface area (Å²) in [6, 6.07) is 31.5. The fraction of sp³-hybridized carbons (Fsp3) is 0.268. The number of anilines is 2. The van der Waals surface area contributed by atoms with E-state index in [2.05, 4.69) is 27.4 Å². The number of rotatable bonds is 8. The predicted molar refractivity (Wildman–Crippen MR) is 194 cm³/mol. The average molecular weight is 747 g/mol. The number of benzene rings is 4. The number of halogens is 1. The number of carbonyl (C=O) groups is 4. The van der Waals surface area contributed by atoms with Crippen molar-refractivity contribution < 1.29 is 29.0 Å². The normalized spacial score (nSPS) is 26.8. The number of nitrogens with one attached hydrogen (secondary N) is 1. The van der Waals surface area contributed by atoms with Crippen LogP contribution in [0.3, 0.4) is 0 Å². The Hall–Kier alpha value is -5.06. The molecule has 6 atom stereocenters. The van der Waals surface area contributed by atoms with Gasteiger partial charge in [0.2, 0.25) is 11.8 Å². The molecule has 3 fully saturated rings. The molecule has 10 heteroatoms. The van der Waals surface area contributed by atoms with Crippen LogP contribution in [-0.4, -0.2) is 47.0 Å². The maximum absolute atomic E-state index is 15.2. The first-order chi connectivity index (χ1) is 24.7. The van der Waals surface area contributed by atoms with Gasteiger partial charge in [0.05, 0.1) is 41.2 Å². The summed E-state index contributed by atoms with van der Waals surface area (Å²) in [6.45, 7) is 1.97. The quantitative estimate of drug-likeness (QED) is 0.160. The zero-order valence-corrected chi connectivity index (χ0v) is 29.5. The van der Waals surface area contributed by atoms with Gasteiger partial charge in [0, 0.05) is 10.4 Å². The van der Waals surface area contributed by atoms with Gasteiger partial charge in [-0.25, -0.2) is 0 Å². The SMILES string of the molecule is Cc1ccc(NN2C(=O)[C@@H]3C[C@@H]4C(=CC[C@@H]5C(=O)N(c6ccc(Br)cc6)C(=O)[C@@H]54)[C@H](c4ccc(OCCO)cc4)[C@]3(c3ccccc3)C2=O)cc1. The summed E-state index contributed by atoms with van der Waals surface area (Å²) in [5.74, 6) is -3.94. The number of aryl methyl sites for hydroxylation is 1. The lowest BCUT2D eigenvalue weighted by molar-refractivity contribution is -0.138. The first-order valence-corrected chi connectivity index (χ1v) is 18.0. The zero-order valence-electron chi connectivity index (χ0n) is 27.9. The Morgan fingerprint density at radius 3 is 2.24 bits per heavy atom. The van der Waals surface area contributed by atoms with Crippen molar-refractivity contribution in [2.24, 2.45) is 23.7 Å². The maximum atomic E-state index is 15.2. The van der Waals surface area contributed by atoms with Gasteiger partial charge in [-0.2, -0.15) is 5.01 Å². The lowest BCUT2D eigenvalue weighted by atomic mass is 9.49. The molecule has 9 nitrogen and oxygen atoms in total. The van der Waals surface area contributed by atoms with Crippen LogP contribution in [0.25, 0.3) is 0 Å². The summed E-state index contributed by atoms with van der Waals surface area (Å²) in [5.41, 5.74) is 6.32. The van der Waals surface area contributed by atoms with Crippen molar-refractivity contribution in [3.05, 3.63) is 136 Å². The van der Waals surface area contributed by atoms with Crippen molar-refractivity contribution in [3.8, 4) is 5.75 Å². The third-order valence-electron chi connectivity index (χ3n) is 11.1. The lowest BCUT2D eigenvalue weighted by Crippen LogP contribution is -2.53. The molecule has 1 saturated carbocycles. The van der Waals surface area contributed by atoms with Crippen molar-refractivity contribution in [2.45, 2.75) is 31.1 Å². The Morgan fingerprint density at radius 1 is 0.843 bits per heavy atom. The van der Waals surface area contributed by atoms with Gasteiger partial charge in [0.1, 0.15) is 12.4 Å². The van der Waals surface area contributed by atoms with Gasteiger partial charge < -0.3 is 9.84 Å². The molecule has 2 heterocycles. The molecule has 0 unspecified atom stereocenters. The number of imide groups is 2. The molecule has 258 valence electrons. The molecule has 4 aromatic rings. The summed E-state index contributed by atoms with van der Waals surface area (Å²) >= 11 is 3.44. The highest BCUT2D eigenvalue weighted by atomic mass is 79.9. The van der Waals surface area contributed by atoms with E-state index in [-0.39, 0.29) is 43.3 Å². The van der Waals surface area contributed by atoms with Gasteiger partial charge in [0.15, 0.2) is 0 Å². The molecule has 2 N–H and O–H groups in total. The summed E-state index contributed by atoms with van der Waals surface area (Å²) in [5, 5.41) is 10.5. The molecule has 4 amide bonds. The fourth-order valence-electron chi connectivity index (χ4n) is 8.89. The minimum absolute atomic E-state index is 0.132. The number of allylic oxidation sites excluding steroid dienone is 2. The number of aliphatic hydroxyl groups is 1. The van der Waals surface area contributed by atoms with Crippen LogP contribution in [-0.2, 0) is 24.6 Å². The number of hydrogen-bond acceptors (Lipinski definition) is 7. The van der Waals surface area contributed by atoms with E-state index in [1.807, 2.05) is 73.7 Å². The van der Waals surface area contributed by atoms with Gasteiger partial charge in [-0.15, -0.1) is 0 Å². The topological polar surface area (TPSA) is 116 Å². The number of fused-ring (bicyclic) bond motifs is 4. The molecule has 2 aliphatic carbocycles. The van der Waals surface area contributed by atoms with Crippen molar-refractivity contribution in [2.75, 3.05) is 23.5 Å². The van der Waals surface area contributed by atoms with Gasteiger partial charge in [0.25, 0.3) is 11.8 Å². The third kappa shape index (κ3) is 5.22. The van der Waals surface area contributed by atoms with Crippen LogP contribution in [0.4, 0.5) is 11.4 Å². The van der Waals surface area contributed by atoms with E-state index < -0.39 is 35.0 Å². The Labute approximate surface area is 304 Å². The largest absolute Gasteiger partial charge is 0.491 e. The number of nitrogens with zero attached hydrogens (tertiary/aromatic N) is 2. The lowest BCUT2D eigenvalue weighted by Gasteiger charge is -2.50. The van der Waals surface area contributed by atoms with Crippen LogP contribution in [0, 0.1) is 30.6 Å². The van der Waals surface area contributed by atoms with Crippen molar-refractivity contribution in [1.82, 2.24) is 5.01 Å². The number of ether oxygens (including phenoxy) is 1. The third-order valence-corrected chi connectivity index (χ3v) is 11.6. The van der Waals surface area contributed by atoms with E-state index >= 15 is 4.79 Å². The predicted octanol–water partition coefficient (Wildman–Crippen LogP) is 6.32. The number of aliphatic hydroxyl groups excluding tert-OH is 1. The molecule has 0 radical (unpaired) electrons. The first kappa shape index (κ1) is 33.1. The monoisotopic (exact) mass is 745 g/mol. The van der Waals surface area contributed by atoms with Crippen LogP contribution >= 0.6 is 15.9 Å². The van der Waals surface area contributed by atoms with E-state index in [9.17, 15) is 19.5 Å². The molecule has 2 aliphatic heterocycles.